The number of pyridine rings is 1. The number of nitrogens with zero attached hydrogens (tertiary/aromatic N) is 1. The Morgan fingerprint density at radius 1 is 1.14 bits per heavy atom. The summed E-state index contributed by atoms with van der Waals surface area (Å²) in [5.41, 5.74) is 3.82. The number of alkyl halides is 1. The van der Waals surface area contributed by atoms with Crippen molar-refractivity contribution in [1.82, 2.24) is 4.98 Å². The number of para-hydroxylation sites is 1. The second kappa shape index (κ2) is 5.54. The molecule has 0 radical (unpaired) electrons. The van der Waals surface area contributed by atoms with E-state index >= 15 is 0 Å². The molecule has 0 fully saturated rings. The van der Waals surface area contributed by atoms with Crippen molar-refractivity contribution in [2.45, 2.75) is 30.5 Å². The van der Waals surface area contributed by atoms with Gasteiger partial charge in [-0.2, -0.15) is 0 Å². The van der Waals surface area contributed by atoms with Crippen molar-refractivity contribution in [3.8, 4) is 0 Å². The van der Waals surface area contributed by atoms with Gasteiger partial charge in [0.1, 0.15) is 0 Å². The molecular formula is C18H16BrNS. The van der Waals surface area contributed by atoms with Crippen molar-refractivity contribution in [3.05, 3.63) is 63.5 Å². The summed E-state index contributed by atoms with van der Waals surface area (Å²) in [5.74, 6) is 0. The van der Waals surface area contributed by atoms with E-state index in [1.165, 1.54) is 29.5 Å². The van der Waals surface area contributed by atoms with Crippen molar-refractivity contribution < 1.29 is 0 Å². The molecule has 1 aliphatic carbocycles. The summed E-state index contributed by atoms with van der Waals surface area (Å²) in [5, 5.41) is 1.21. The molecule has 1 aromatic carbocycles. The van der Waals surface area contributed by atoms with Crippen molar-refractivity contribution >= 4 is 38.2 Å². The van der Waals surface area contributed by atoms with Crippen LogP contribution in [0.3, 0.4) is 0 Å². The molecule has 1 aliphatic rings. The Labute approximate surface area is 137 Å². The Kier molecular flexibility index (Phi) is 3.56. The van der Waals surface area contributed by atoms with Gasteiger partial charge in [0.05, 0.1) is 10.3 Å². The van der Waals surface area contributed by atoms with Gasteiger partial charge in [0.15, 0.2) is 0 Å². The third-order valence-electron chi connectivity index (χ3n) is 4.12. The van der Waals surface area contributed by atoms with E-state index in [1.54, 1.807) is 10.4 Å². The first kappa shape index (κ1) is 13.5. The quantitative estimate of drug-likeness (QED) is 0.566. The van der Waals surface area contributed by atoms with Crippen molar-refractivity contribution in [1.29, 1.82) is 0 Å². The standard InChI is InChI=1S/C18H16BrNS/c19-15(18-10-13-5-3-7-17(13)21-18)11-14-9-8-12-4-1-2-6-16(12)20-14/h1-2,4,6,8-10,15H,3,5,7,11H2. The highest BCUT2D eigenvalue weighted by Gasteiger charge is 2.19. The van der Waals surface area contributed by atoms with Crippen LogP contribution < -0.4 is 0 Å². The fraction of sp³-hybridized carbons (Fsp3) is 0.278. The molecule has 1 atom stereocenters. The van der Waals surface area contributed by atoms with Gasteiger partial charge in [-0.3, -0.25) is 4.98 Å². The van der Waals surface area contributed by atoms with Crippen molar-refractivity contribution in [3.63, 3.8) is 0 Å². The molecule has 2 heterocycles. The predicted octanol–water partition coefficient (Wildman–Crippen LogP) is 5.46. The lowest BCUT2D eigenvalue weighted by atomic mass is 10.1. The summed E-state index contributed by atoms with van der Waals surface area (Å²) < 4.78 is 0. The summed E-state index contributed by atoms with van der Waals surface area (Å²) in [6, 6.07) is 15.0. The fourth-order valence-corrected chi connectivity index (χ4v) is 4.99. The third-order valence-corrected chi connectivity index (χ3v) is 6.59. The molecule has 1 unspecified atom stereocenters. The van der Waals surface area contributed by atoms with Gasteiger partial charge in [-0.15, -0.1) is 11.3 Å². The van der Waals surface area contributed by atoms with Gasteiger partial charge in [-0.05, 0) is 43.0 Å². The smallest absolute Gasteiger partial charge is 0.0705 e. The maximum Gasteiger partial charge on any atom is 0.0705 e. The zero-order valence-electron chi connectivity index (χ0n) is 11.7. The minimum atomic E-state index is 0.377. The Morgan fingerprint density at radius 2 is 2.05 bits per heavy atom. The van der Waals surface area contributed by atoms with Crippen LogP contribution in [0.4, 0.5) is 0 Å². The number of hydrogen-bond donors (Lipinski definition) is 0. The maximum atomic E-state index is 4.78. The topological polar surface area (TPSA) is 12.9 Å². The average Bonchev–Trinajstić information content (AvgIpc) is 3.08. The Balaban J connectivity index is 1.58. The average molecular weight is 358 g/mol. The summed E-state index contributed by atoms with van der Waals surface area (Å²) in [4.78, 5) is 8.21. The van der Waals surface area contributed by atoms with Crippen LogP contribution in [0, 0.1) is 0 Å². The maximum absolute atomic E-state index is 4.78. The van der Waals surface area contributed by atoms with E-state index in [0.29, 0.717) is 4.83 Å². The van der Waals surface area contributed by atoms with Gasteiger partial charge < -0.3 is 0 Å². The van der Waals surface area contributed by atoms with Crippen LogP contribution in [0.2, 0.25) is 0 Å². The van der Waals surface area contributed by atoms with Gasteiger partial charge in [-0.25, -0.2) is 0 Å². The monoisotopic (exact) mass is 357 g/mol. The molecule has 0 spiro atoms. The van der Waals surface area contributed by atoms with Crippen LogP contribution in [-0.4, -0.2) is 4.98 Å². The van der Waals surface area contributed by atoms with Crippen LogP contribution in [0.5, 0.6) is 0 Å². The Morgan fingerprint density at radius 3 is 2.95 bits per heavy atom. The number of hydrogen-bond acceptors (Lipinski definition) is 2. The minimum absolute atomic E-state index is 0.377. The molecule has 1 nitrogen and oxygen atoms in total. The third kappa shape index (κ3) is 2.65. The summed E-state index contributed by atoms with van der Waals surface area (Å²) >= 11 is 5.84. The molecule has 2 aromatic heterocycles. The molecule has 4 rings (SSSR count). The summed E-state index contributed by atoms with van der Waals surface area (Å²) in [6.45, 7) is 0. The predicted molar refractivity (Wildman–Crippen MR) is 93.5 cm³/mol. The highest BCUT2D eigenvalue weighted by molar-refractivity contribution is 9.09. The molecule has 21 heavy (non-hydrogen) atoms. The molecule has 0 bridgehead atoms. The van der Waals surface area contributed by atoms with Crippen molar-refractivity contribution in [2.24, 2.45) is 0 Å². The Hall–Kier alpha value is -1.19. The first-order chi connectivity index (χ1) is 10.3. The number of rotatable bonds is 3. The number of aryl methyl sites for hydroxylation is 2. The first-order valence-electron chi connectivity index (χ1n) is 7.40. The summed E-state index contributed by atoms with van der Waals surface area (Å²) in [7, 11) is 0. The molecule has 3 aromatic rings. The molecule has 106 valence electrons. The van der Waals surface area contributed by atoms with E-state index in [2.05, 4.69) is 58.4 Å². The summed E-state index contributed by atoms with van der Waals surface area (Å²) in [6.07, 6.45) is 4.82. The zero-order valence-corrected chi connectivity index (χ0v) is 14.1. The number of halogens is 1. The van der Waals surface area contributed by atoms with Crippen LogP contribution in [-0.2, 0) is 19.3 Å². The highest BCUT2D eigenvalue weighted by Crippen LogP contribution is 2.38. The number of benzene rings is 1. The lowest BCUT2D eigenvalue weighted by Gasteiger charge is -2.08. The van der Waals surface area contributed by atoms with Crippen molar-refractivity contribution in [2.75, 3.05) is 0 Å². The largest absolute Gasteiger partial charge is 0.253 e. The molecule has 0 saturated carbocycles. The van der Waals surface area contributed by atoms with Crippen LogP contribution in [0.25, 0.3) is 10.9 Å². The van der Waals surface area contributed by atoms with E-state index < -0.39 is 0 Å². The molecule has 0 aliphatic heterocycles. The lowest BCUT2D eigenvalue weighted by Crippen LogP contribution is -1.96. The van der Waals surface area contributed by atoms with Crippen LogP contribution >= 0.6 is 27.3 Å². The van der Waals surface area contributed by atoms with Crippen LogP contribution in [0.1, 0.15) is 32.3 Å². The fourth-order valence-electron chi connectivity index (χ4n) is 3.01. The van der Waals surface area contributed by atoms with E-state index in [1.807, 2.05) is 11.3 Å². The second-order valence-electron chi connectivity index (χ2n) is 5.62. The number of thiophene rings is 1. The van der Waals surface area contributed by atoms with Crippen LogP contribution in [0.15, 0.2) is 42.5 Å². The molecule has 0 N–H and O–H groups in total. The van der Waals surface area contributed by atoms with E-state index in [-0.39, 0.29) is 0 Å². The highest BCUT2D eigenvalue weighted by atomic mass is 79.9. The lowest BCUT2D eigenvalue weighted by molar-refractivity contribution is 0.904. The van der Waals surface area contributed by atoms with E-state index in [4.69, 9.17) is 4.98 Å². The molecule has 3 heteroatoms. The Bertz CT molecular complexity index is 771. The normalized spacial score (nSPS) is 15.3. The van der Waals surface area contributed by atoms with E-state index in [9.17, 15) is 0 Å². The zero-order chi connectivity index (χ0) is 14.2. The van der Waals surface area contributed by atoms with Gasteiger partial charge in [-0.1, -0.05) is 40.2 Å². The van der Waals surface area contributed by atoms with Gasteiger partial charge in [0, 0.05) is 27.3 Å². The van der Waals surface area contributed by atoms with Gasteiger partial charge in [0.2, 0.25) is 0 Å². The number of fused-ring (bicyclic) bond motifs is 2. The van der Waals surface area contributed by atoms with Gasteiger partial charge in [0.25, 0.3) is 0 Å². The first-order valence-corrected chi connectivity index (χ1v) is 9.13. The van der Waals surface area contributed by atoms with E-state index in [0.717, 1.165) is 17.6 Å². The minimum Gasteiger partial charge on any atom is -0.253 e. The molecule has 0 saturated heterocycles. The number of aromatic nitrogens is 1. The van der Waals surface area contributed by atoms with Gasteiger partial charge >= 0.3 is 0 Å². The SMILES string of the molecule is BrC(Cc1ccc2ccccc2n1)c1cc2c(s1)CCC2. The molecular weight excluding hydrogens is 342 g/mol. The second-order valence-corrected chi connectivity index (χ2v) is 7.89. The molecule has 0 amide bonds.